The average Bonchev–Trinajstić information content (AvgIpc) is 2.68. The number of ether oxygens (including phenoxy) is 1. The Labute approximate surface area is 181 Å². The van der Waals surface area contributed by atoms with E-state index in [0.717, 1.165) is 5.75 Å². The van der Waals surface area contributed by atoms with Crippen molar-refractivity contribution in [3.63, 3.8) is 0 Å². The highest BCUT2D eigenvalue weighted by Gasteiger charge is 2.04. The first kappa shape index (κ1) is 23.0. The van der Waals surface area contributed by atoms with Crippen LogP contribution in [0.4, 0.5) is 0 Å². The van der Waals surface area contributed by atoms with Gasteiger partial charge < -0.3 is 20.7 Å². The van der Waals surface area contributed by atoms with Gasteiger partial charge >= 0.3 is 0 Å². The van der Waals surface area contributed by atoms with Gasteiger partial charge in [0.15, 0.2) is 5.96 Å². The fraction of sp³-hybridized carbons (Fsp3) is 0.263. The normalized spacial score (nSPS) is 10.5. The molecular weight excluding hydrogens is 479 g/mol. The van der Waals surface area contributed by atoms with E-state index in [-0.39, 0.29) is 29.9 Å². The van der Waals surface area contributed by atoms with E-state index in [1.54, 1.807) is 31.3 Å². The van der Waals surface area contributed by atoms with Crippen molar-refractivity contribution in [3.05, 3.63) is 65.2 Å². The third-order valence-corrected chi connectivity index (χ3v) is 3.69. The molecule has 0 radical (unpaired) electrons. The summed E-state index contributed by atoms with van der Waals surface area (Å²) >= 11 is 5.81. The molecule has 2 aromatic carbocycles. The monoisotopic (exact) mass is 502 g/mol. The Bertz CT molecular complexity index is 711. The Kier molecular flexibility index (Phi) is 11.3. The van der Waals surface area contributed by atoms with Crippen molar-refractivity contribution < 1.29 is 9.53 Å². The zero-order chi connectivity index (χ0) is 18.6. The predicted molar refractivity (Wildman–Crippen MR) is 121 cm³/mol. The van der Waals surface area contributed by atoms with E-state index < -0.39 is 0 Å². The summed E-state index contributed by atoms with van der Waals surface area (Å²) < 4.78 is 5.60. The smallest absolute Gasteiger partial charge is 0.251 e. The minimum atomic E-state index is -0.136. The van der Waals surface area contributed by atoms with Crippen molar-refractivity contribution in [1.29, 1.82) is 0 Å². The molecule has 1 amide bonds. The van der Waals surface area contributed by atoms with Gasteiger partial charge in [-0.1, -0.05) is 29.8 Å². The molecule has 0 saturated carbocycles. The number of benzene rings is 2. The Morgan fingerprint density at radius 3 is 2.26 bits per heavy atom. The summed E-state index contributed by atoms with van der Waals surface area (Å²) in [5, 5.41) is 9.72. The van der Waals surface area contributed by atoms with Crippen molar-refractivity contribution in [2.45, 2.75) is 0 Å². The molecule has 2 rings (SSSR count). The standard InChI is InChI=1S/C19H23ClN4O2.HI/c1-21-19(24-13-14-26-17-5-3-2-4-6-17)23-12-11-22-18(25)15-7-9-16(20)10-8-15;/h2-10H,11-14H2,1H3,(H,22,25)(H2,21,23,24);1H. The third kappa shape index (κ3) is 8.96. The Morgan fingerprint density at radius 2 is 1.59 bits per heavy atom. The molecule has 2 aromatic rings. The zero-order valence-electron chi connectivity index (χ0n) is 15.1. The Hall–Kier alpha value is -2.00. The summed E-state index contributed by atoms with van der Waals surface area (Å²) in [7, 11) is 1.69. The van der Waals surface area contributed by atoms with Crippen molar-refractivity contribution in [2.24, 2.45) is 4.99 Å². The lowest BCUT2D eigenvalue weighted by molar-refractivity contribution is 0.0954. The van der Waals surface area contributed by atoms with Crippen LogP contribution in [-0.4, -0.2) is 45.2 Å². The quantitative estimate of drug-likeness (QED) is 0.225. The van der Waals surface area contributed by atoms with Crippen LogP contribution in [0.5, 0.6) is 5.75 Å². The number of nitrogens with zero attached hydrogens (tertiary/aromatic N) is 1. The van der Waals surface area contributed by atoms with E-state index in [1.807, 2.05) is 30.3 Å². The molecule has 0 unspecified atom stereocenters. The van der Waals surface area contributed by atoms with Crippen molar-refractivity contribution in [2.75, 3.05) is 33.3 Å². The molecule has 146 valence electrons. The molecule has 27 heavy (non-hydrogen) atoms. The minimum Gasteiger partial charge on any atom is -0.492 e. The van der Waals surface area contributed by atoms with E-state index in [0.29, 0.717) is 42.8 Å². The number of guanidine groups is 1. The van der Waals surface area contributed by atoms with Crippen LogP contribution in [0.1, 0.15) is 10.4 Å². The number of carbonyl (C=O) groups excluding carboxylic acids is 1. The molecule has 0 aliphatic carbocycles. The second-order valence-corrected chi connectivity index (χ2v) is 5.79. The fourth-order valence-corrected chi connectivity index (χ4v) is 2.26. The fourth-order valence-electron chi connectivity index (χ4n) is 2.14. The Morgan fingerprint density at radius 1 is 0.963 bits per heavy atom. The van der Waals surface area contributed by atoms with Gasteiger partial charge in [-0.3, -0.25) is 9.79 Å². The summed E-state index contributed by atoms with van der Waals surface area (Å²) in [4.78, 5) is 16.1. The maximum atomic E-state index is 12.0. The number of carbonyl (C=O) groups is 1. The molecule has 0 spiro atoms. The number of nitrogens with one attached hydrogen (secondary N) is 3. The minimum absolute atomic E-state index is 0. The second-order valence-electron chi connectivity index (χ2n) is 5.35. The number of aliphatic imine (C=N–C) groups is 1. The maximum absolute atomic E-state index is 12.0. The van der Waals surface area contributed by atoms with Crippen molar-refractivity contribution in [1.82, 2.24) is 16.0 Å². The van der Waals surface area contributed by atoms with Crippen LogP contribution in [0.25, 0.3) is 0 Å². The molecule has 0 saturated heterocycles. The number of hydrogen-bond donors (Lipinski definition) is 3. The van der Waals surface area contributed by atoms with Gasteiger partial charge in [0.25, 0.3) is 5.91 Å². The summed E-state index contributed by atoms with van der Waals surface area (Å²) in [5.74, 6) is 1.35. The van der Waals surface area contributed by atoms with Crippen LogP contribution in [-0.2, 0) is 0 Å². The highest BCUT2D eigenvalue weighted by molar-refractivity contribution is 14.0. The zero-order valence-corrected chi connectivity index (χ0v) is 18.2. The summed E-state index contributed by atoms with van der Waals surface area (Å²) in [6.07, 6.45) is 0. The molecule has 0 atom stereocenters. The molecule has 3 N–H and O–H groups in total. The van der Waals surface area contributed by atoms with E-state index >= 15 is 0 Å². The topological polar surface area (TPSA) is 74.8 Å². The van der Waals surface area contributed by atoms with Gasteiger partial charge in [0.05, 0.1) is 6.54 Å². The highest BCUT2D eigenvalue weighted by atomic mass is 127. The third-order valence-electron chi connectivity index (χ3n) is 3.44. The van der Waals surface area contributed by atoms with Crippen LogP contribution in [0.15, 0.2) is 59.6 Å². The van der Waals surface area contributed by atoms with Crippen LogP contribution < -0.4 is 20.7 Å². The van der Waals surface area contributed by atoms with E-state index in [9.17, 15) is 4.79 Å². The predicted octanol–water partition coefficient (Wildman–Crippen LogP) is 2.93. The molecule has 0 heterocycles. The van der Waals surface area contributed by atoms with Gasteiger partial charge in [0, 0.05) is 30.7 Å². The maximum Gasteiger partial charge on any atom is 0.251 e. The van der Waals surface area contributed by atoms with Gasteiger partial charge in [-0.2, -0.15) is 0 Å². The molecule has 0 aliphatic heterocycles. The highest BCUT2D eigenvalue weighted by Crippen LogP contribution is 2.09. The largest absolute Gasteiger partial charge is 0.492 e. The molecular formula is C19H24ClIN4O2. The van der Waals surface area contributed by atoms with Crippen molar-refractivity contribution in [3.8, 4) is 5.75 Å². The summed E-state index contributed by atoms with van der Waals surface area (Å²) in [6, 6.07) is 16.4. The average molecular weight is 503 g/mol. The second kappa shape index (κ2) is 13.2. The van der Waals surface area contributed by atoms with Gasteiger partial charge in [-0.15, -0.1) is 24.0 Å². The number of para-hydroxylation sites is 1. The summed E-state index contributed by atoms with van der Waals surface area (Å²) in [5.41, 5.74) is 0.579. The van der Waals surface area contributed by atoms with Crippen LogP contribution in [0, 0.1) is 0 Å². The lowest BCUT2D eigenvalue weighted by Crippen LogP contribution is -2.42. The molecule has 0 aliphatic rings. The molecule has 6 nitrogen and oxygen atoms in total. The van der Waals surface area contributed by atoms with Crippen LogP contribution >= 0.6 is 35.6 Å². The lowest BCUT2D eigenvalue weighted by Gasteiger charge is -2.13. The van der Waals surface area contributed by atoms with Crippen LogP contribution in [0.2, 0.25) is 5.02 Å². The van der Waals surface area contributed by atoms with E-state index in [2.05, 4.69) is 20.9 Å². The van der Waals surface area contributed by atoms with E-state index in [4.69, 9.17) is 16.3 Å². The molecule has 8 heteroatoms. The number of hydrogen-bond acceptors (Lipinski definition) is 3. The van der Waals surface area contributed by atoms with Crippen LogP contribution in [0.3, 0.4) is 0 Å². The Balaban J connectivity index is 0.00000364. The number of amides is 1. The molecule has 0 aromatic heterocycles. The summed E-state index contributed by atoms with van der Waals surface area (Å²) in [6.45, 7) is 2.17. The number of rotatable bonds is 8. The van der Waals surface area contributed by atoms with Gasteiger partial charge in [0.2, 0.25) is 0 Å². The first-order valence-electron chi connectivity index (χ1n) is 8.35. The molecule has 0 bridgehead atoms. The van der Waals surface area contributed by atoms with Gasteiger partial charge in [-0.05, 0) is 36.4 Å². The lowest BCUT2D eigenvalue weighted by atomic mass is 10.2. The first-order valence-corrected chi connectivity index (χ1v) is 8.73. The van der Waals surface area contributed by atoms with Gasteiger partial charge in [0.1, 0.15) is 12.4 Å². The van der Waals surface area contributed by atoms with Gasteiger partial charge in [-0.25, -0.2) is 0 Å². The van der Waals surface area contributed by atoms with Crippen molar-refractivity contribution >= 4 is 47.4 Å². The van der Waals surface area contributed by atoms with E-state index in [1.165, 1.54) is 0 Å². The SMILES string of the molecule is CN=C(NCCNC(=O)c1ccc(Cl)cc1)NCCOc1ccccc1.I. The number of halogens is 2. The first-order chi connectivity index (χ1) is 12.7. The molecule has 0 fully saturated rings.